The maximum absolute atomic E-state index is 10.2. The highest BCUT2D eigenvalue weighted by molar-refractivity contribution is 5.66. The lowest BCUT2D eigenvalue weighted by Gasteiger charge is -2.17. The predicted molar refractivity (Wildman–Crippen MR) is 53.5 cm³/mol. The first kappa shape index (κ1) is 14.9. The summed E-state index contributed by atoms with van der Waals surface area (Å²) in [6.07, 6.45) is 2.04. The average Bonchev–Trinajstić information content (AvgIpc) is 1.84. The van der Waals surface area contributed by atoms with E-state index in [1.54, 1.807) is 0 Å². The molecule has 0 saturated heterocycles. The number of rotatable bonds is 2. The highest BCUT2D eigenvalue weighted by Crippen LogP contribution is 2.05. The Labute approximate surface area is 81.1 Å². The molecule has 3 nitrogen and oxygen atoms in total. The summed E-state index contributed by atoms with van der Waals surface area (Å²) in [6.45, 7) is 9.33. The fraction of sp³-hybridized carbons (Fsp3) is 0.900. The van der Waals surface area contributed by atoms with Crippen LogP contribution in [-0.2, 0) is 9.53 Å². The molecule has 0 radical (unpaired) electrons. The summed E-state index contributed by atoms with van der Waals surface area (Å²) in [6, 6.07) is 0. The zero-order valence-corrected chi connectivity index (χ0v) is 9.39. The van der Waals surface area contributed by atoms with E-state index in [0.717, 1.165) is 12.8 Å². The van der Waals surface area contributed by atoms with Gasteiger partial charge in [0.05, 0.1) is 0 Å². The van der Waals surface area contributed by atoms with E-state index >= 15 is 0 Å². The maximum Gasteiger partial charge on any atom is 0.303 e. The van der Waals surface area contributed by atoms with E-state index in [4.69, 9.17) is 9.84 Å². The molecule has 0 atom stereocenters. The number of aliphatic hydroxyl groups is 1. The van der Waals surface area contributed by atoms with E-state index in [2.05, 4.69) is 6.92 Å². The Morgan fingerprint density at radius 1 is 1.38 bits per heavy atom. The van der Waals surface area contributed by atoms with Crippen LogP contribution in [0.1, 0.15) is 47.5 Å². The first-order valence-corrected chi connectivity index (χ1v) is 4.64. The number of carbonyl (C=O) groups excluding carboxylic acids is 1. The monoisotopic (exact) mass is 190 g/mol. The van der Waals surface area contributed by atoms with Gasteiger partial charge in [-0.25, -0.2) is 0 Å². The van der Waals surface area contributed by atoms with Crippen LogP contribution in [0.25, 0.3) is 0 Å². The van der Waals surface area contributed by atoms with Crippen molar-refractivity contribution in [2.45, 2.75) is 53.1 Å². The van der Waals surface area contributed by atoms with Crippen LogP contribution >= 0.6 is 0 Å². The highest BCUT2D eigenvalue weighted by Gasteiger charge is 2.11. The van der Waals surface area contributed by atoms with Gasteiger partial charge in [0.1, 0.15) is 5.60 Å². The second-order valence-corrected chi connectivity index (χ2v) is 3.78. The lowest BCUT2D eigenvalue weighted by atomic mass is 10.2. The minimum atomic E-state index is -0.328. The Hall–Kier alpha value is -0.570. The summed E-state index contributed by atoms with van der Waals surface area (Å²) in [5.74, 6) is -0.225. The molecule has 0 heterocycles. The van der Waals surface area contributed by atoms with Crippen LogP contribution in [0.15, 0.2) is 0 Å². The number of hydrogen-bond donors (Lipinski definition) is 1. The van der Waals surface area contributed by atoms with Crippen molar-refractivity contribution in [2.75, 3.05) is 6.61 Å². The van der Waals surface area contributed by atoms with Crippen molar-refractivity contribution in [2.24, 2.45) is 0 Å². The quantitative estimate of drug-likeness (QED) is 0.678. The van der Waals surface area contributed by atoms with E-state index in [0.29, 0.717) is 6.61 Å². The second-order valence-electron chi connectivity index (χ2n) is 3.78. The summed E-state index contributed by atoms with van der Waals surface area (Å²) >= 11 is 0. The summed E-state index contributed by atoms with van der Waals surface area (Å²) < 4.78 is 4.80. The molecule has 1 N–H and O–H groups in total. The molecule has 0 fully saturated rings. The third-order valence-electron chi connectivity index (χ3n) is 0.962. The van der Waals surface area contributed by atoms with Gasteiger partial charge in [-0.15, -0.1) is 0 Å². The van der Waals surface area contributed by atoms with Gasteiger partial charge in [0.25, 0.3) is 0 Å². The van der Waals surface area contributed by atoms with E-state index in [1.165, 1.54) is 6.92 Å². The van der Waals surface area contributed by atoms with Gasteiger partial charge in [-0.3, -0.25) is 4.79 Å². The summed E-state index contributed by atoms with van der Waals surface area (Å²) in [4.78, 5) is 10.2. The summed E-state index contributed by atoms with van der Waals surface area (Å²) in [7, 11) is 0. The number of ether oxygens (including phenoxy) is 1. The van der Waals surface area contributed by atoms with Gasteiger partial charge in [-0.1, -0.05) is 13.3 Å². The zero-order valence-electron chi connectivity index (χ0n) is 9.39. The molecule has 13 heavy (non-hydrogen) atoms. The first-order valence-electron chi connectivity index (χ1n) is 4.64. The first-order chi connectivity index (χ1) is 5.83. The molecular formula is C10H22O3. The van der Waals surface area contributed by atoms with Crippen LogP contribution < -0.4 is 0 Å². The number of unbranched alkanes of at least 4 members (excludes halogenated alkanes) is 1. The Kier molecular flexibility index (Phi) is 9.24. The normalized spacial score (nSPS) is 10.0. The molecule has 3 heteroatoms. The largest absolute Gasteiger partial charge is 0.460 e. The highest BCUT2D eigenvalue weighted by atomic mass is 16.6. The molecule has 0 aromatic heterocycles. The molecule has 0 aromatic carbocycles. The minimum Gasteiger partial charge on any atom is -0.460 e. The average molecular weight is 190 g/mol. The minimum absolute atomic E-state index is 0.225. The Morgan fingerprint density at radius 2 is 1.85 bits per heavy atom. The Morgan fingerprint density at radius 3 is 1.85 bits per heavy atom. The molecule has 80 valence electrons. The lowest BCUT2D eigenvalue weighted by molar-refractivity contribution is -0.151. The van der Waals surface area contributed by atoms with Crippen LogP contribution in [0.2, 0.25) is 0 Å². The molecule has 0 amide bonds. The maximum atomic E-state index is 10.2. The fourth-order valence-corrected chi connectivity index (χ4v) is 0.589. The van der Waals surface area contributed by atoms with Crippen molar-refractivity contribution in [1.82, 2.24) is 0 Å². The third kappa shape index (κ3) is 24.6. The Bertz CT molecular complexity index is 123. The molecule has 0 aliphatic heterocycles. The predicted octanol–water partition coefficient (Wildman–Crippen LogP) is 2.13. The van der Waals surface area contributed by atoms with Gasteiger partial charge in [-0.2, -0.15) is 0 Å². The number of aliphatic hydroxyl groups excluding tert-OH is 1. The number of hydrogen-bond acceptors (Lipinski definition) is 3. The smallest absolute Gasteiger partial charge is 0.303 e. The molecule has 0 saturated carbocycles. The van der Waals surface area contributed by atoms with E-state index in [1.807, 2.05) is 20.8 Å². The molecule has 0 aliphatic rings. The molecule has 0 spiro atoms. The molecule has 0 bridgehead atoms. The second kappa shape index (κ2) is 8.05. The lowest BCUT2D eigenvalue weighted by Crippen LogP contribution is -2.21. The van der Waals surface area contributed by atoms with Crippen molar-refractivity contribution in [3.63, 3.8) is 0 Å². The SMILES string of the molecule is CC(=O)OC(C)(C)C.CCCCO. The number of esters is 1. The van der Waals surface area contributed by atoms with E-state index in [9.17, 15) is 4.79 Å². The van der Waals surface area contributed by atoms with Crippen LogP contribution in [0, 0.1) is 0 Å². The summed E-state index contributed by atoms with van der Waals surface area (Å²) in [5, 5.41) is 8.07. The van der Waals surface area contributed by atoms with Gasteiger partial charge in [-0.05, 0) is 27.2 Å². The fourth-order valence-electron chi connectivity index (χ4n) is 0.589. The van der Waals surface area contributed by atoms with Crippen LogP contribution in [0.4, 0.5) is 0 Å². The van der Waals surface area contributed by atoms with Crippen LogP contribution in [0.3, 0.4) is 0 Å². The van der Waals surface area contributed by atoms with Crippen LogP contribution in [0.5, 0.6) is 0 Å². The van der Waals surface area contributed by atoms with Gasteiger partial charge in [0.15, 0.2) is 0 Å². The molecule has 0 aliphatic carbocycles. The zero-order chi connectivity index (χ0) is 10.9. The standard InChI is InChI=1S/C6H12O2.C4H10O/c1-5(7)8-6(2,3)4;1-2-3-4-5/h1-4H3;5H,2-4H2,1H3. The van der Waals surface area contributed by atoms with Gasteiger partial charge in [0.2, 0.25) is 0 Å². The van der Waals surface area contributed by atoms with Crippen molar-refractivity contribution >= 4 is 5.97 Å². The van der Waals surface area contributed by atoms with Crippen molar-refractivity contribution in [3.8, 4) is 0 Å². The molecule has 0 aromatic rings. The Balaban J connectivity index is 0. The topological polar surface area (TPSA) is 46.5 Å². The number of carbonyl (C=O) groups is 1. The van der Waals surface area contributed by atoms with Crippen molar-refractivity contribution in [3.05, 3.63) is 0 Å². The van der Waals surface area contributed by atoms with Crippen LogP contribution in [-0.4, -0.2) is 23.3 Å². The van der Waals surface area contributed by atoms with Gasteiger partial charge < -0.3 is 9.84 Å². The van der Waals surface area contributed by atoms with Crippen molar-refractivity contribution < 1.29 is 14.6 Å². The molecular weight excluding hydrogens is 168 g/mol. The third-order valence-corrected chi connectivity index (χ3v) is 0.962. The van der Waals surface area contributed by atoms with Gasteiger partial charge in [0, 0.05) is 13.5 Å². The van der Waals surface area contributed by atoms with E-state index in [-0.39, 0.29) is 11.6 Å². The van der Waals surface area contributed by atoms with Gasteiger partial charge >= 0.3 is 5.97 Å². The molecule has 0 unspecified atom stereocenters. The van der Waals surface area contributed by atoms with Crippen molar-refractivity contribution in [1.29, 1.82) is 0 Å². The molecule has 0 rings (SSSR count). The van der Waals surface area contributed by atoms with E-state index < -0.39 is 0 Å². The summed E-state index contributed by atoms with van der Waals surface area (Å²) in [5.41, 5.74) is -0.328.